The van der Waals surface area contributed by atoms with Gasteiger partial charge in [-0.1, -0.05) is 12.5 Å². The fourth-order valence-electron chi connectivity index (χ4n) is 4.14. The highest BCUT2D eigenvalue weighted by Gasteiger charge is 2.42. The minimum absolute atomic E-state index is 0.00232. The first kappa shape index (κ1) is 13.2. The Morgan fingerprint density at radius 3 is 2.80 bits per heavy atom. The first-order valence-electron chi connectivity index (χ1n) is 7.35. The molecule has 5 heteroatoms. The second-order valence-electron chi connectivity index (χ2n) is 6.27. The van der Waals surface area contributed by atoms with Crippen LogP contribution in [0.5, 0.6) is 0 Å². The molecule has 0 aliphatic heterocycles. The maximum absolute atomic E-state index is 11.2. The number of nitrogens with one attached hydrogen (secondary N) is 1. The lowest BCUT2D eigenvalue weighted by Gasteiger charge is -2.29. The molecule has 2 fully saturated rings. The third kappa shape index (κ3) is 2.21. The number of rotatable bonds is 4. The van der Waals surface area contributed by atoms with E-state index in [1.54, 1.807) is 18.2 Å². The van der Waals surface area contributed by atoms with Crippen LogP contribution in [-0.2, 0) is 0 Å². The van der Waals surface area contributed by atoms with Crippen molar-refractivity contribution in [3.8, 4) is 0 Å². The van der Waals surface area contributed by atoms with Crippen LogP contribution in [0.3, 0.4) is 0 Å². The van der Waals surface area contributed by atoms with Crippen molar-refractivity contribution in [3.63, 3.8) is 0 Å². The Morgan fingerprint density at radius 1 is 1.40 bits per heavy atom. The van der Waals surface area contributed by atoms with Gasteiger partial charge in [0, 0.05) is 6.04 Å². The number of nitrogen functional groups attached to an aromatic ring is 1. The summed E-state index contributed by atoms with van der Waals surface area (Å²) in [6, 6.07) is 5.34. The SMILES string of the molecule is CC(Nc1cccc(N)c1[N+](=O)[O-])C1CC2CCC1C2. The van der Waals surface area contributed by atoms with Crippen molar-refractivity contribution in [2.45, 2.75) is 38.6 Å². The first-order valence-corrected chi connectivity index (χ1v) is 7.35. The van der Waals surface area contributed by atoms with Crippen molar-refractivity contribution < 1.29 is 4.92 Å². The summed E-state index contributed by atoms with van der Waals surface area (Å²) in [6.07, 6.45) is 5.29. The summed E-state index contributed by atoms with van der Waals surface area (Å²) in [7, 11) is 0. The largest absolute Gasteiger partial charge is 0.393 e. The zero-order chi connectivity index (χ0) is 14.3. The predicted molar refractivity (Wildman–Crippen MR) is 79.5 cm³/mol. The van der Waals surface area contributed by atoms with Crippen molar-refractivity contribution in [1.29, 1.82) is 0 Å². The highest BCUT2D eigenvalue weighted by molar-refractivity contribution is 5.74. The smallest absolute Gasteiger partial charge is 0.314 e. The molecule has 5 nitrogen and oxygen atoms in total. The minimum atomic E-state index is -0.398. The van der Waals surface area contributed by atoms with Crippen LogP contribution in [0.25, 0.3) is 0 Å². The molecule has 0 spiro atoms. The van der Waals surface area contributed by atoms with Crippen molar-refractivity contribution in [2.75, 3.05) is 11.1 Å². The van der Waals surface area contributed by atoms with Gasteiger partial charge in [0.25, 0.3) is 0 Å². The maximum atomic E-state index is 11.2. The van der Waals surface area contributed by atoms with Crippen molar-refractivity contribution in [2.24, 2.45) is 17.8 Å². The minimum Gasteiger partial charge on any atom is -0.393 e. The van der Waals surface area contributed by atoms with Crippen LogP contribution >= 0.6 is 0 Å². The van der Waals surface area contributed by atoms with Gasteiger partial charge in [-0.15, -0.1) is 0 Å². The van der Waals surface area contributed by atoms with Crippen LogP contribution in [0.15, 0.2) is 18.2 Å². The van der Waals surface area contributed by atoms with E-state index in [4.69, 9.17) is 5.73 Å². The Kier molecular flexibility index (Phi) is 3.28. The molecule has 3 N–H and O–H groups in total. The number of hydrogen-bond donors (Lipinski definition) is 2. The molecule has 3 rings (SSSR count). The van der Waals surface area contributed by atoms with Gasteiger partial charge in [-0.2, -0.15) is 0 Å². The zero-order valence-electron chi connectivity index (χ0n) is 11.7. The Hall–Kier alpha value is -1.78. The highest BCUT2D eigenvalue weighted by atomic mass is 16.6. The molecule has 20 heavy (non-hydrogen) atoms. The number of benzene rings is 1. The normalized spacial score (nSPS) is 29.4. The molecule has 4 unspecified atom stereocenters. The summed E-state index contributed by atoms with van der Waals surface area (Å²) in [5.74, 6) is 2.31. The van der Waals surface area contributed by atoms with Crippen LogP contribution in [0, 0.1) is 27.9 Å². The Labute approximate surface area is 118 Å². The molecule has 1 aromatic rings. The molecule has 1 aromatic carbocycles. The number of fused-ring (bicyclic) bond motifs is 2. The van der Waals surface area contributed by atoms with E-state index in [0.717, 1.165) is 11.8 Å². The lowest BCUT2D eigenvalue weighted by atomic mass is 9.84. The highest BCUT2D eigenvalue weighted by Crippen LogP contribution is 2.50. The van der Waals surface area contributed by atoms with Gasteiger partial charge in [-0.25, -0.2) is 0 Å². The third-order valence-electron chi connectivity index (χ3n) is 5.07. The molecular formula is C15H21N3O2. The lowest BCUT2D eigenvalue weighted by molar-refractivity contribution is -0.383. The second-order valence-corrected chi connectivity index (χ2v) is 6.27. The van der Waals surface area contributed by atoms with E-state index in [1.807, 2.05) is 0 Å². The number of nitrogens with zero attached hydrogens (tertiary/aromatic N) is 1. The van der Waals surface area contributed by atoms with Gasteiger partial charge in [0.05, 0.1) is 4.92 Å². The number of nitrogens with two attached hydrogens (primary N) is 1. The molecule has 2 bridgehead atoms. The van der Waals surface area contributed by atoms with Crippen molar-refractivity contribution in [1.82, 2.24) is 0 Å². The van der Waals surface area contributed by atoms with E-state index in [2.05, 4.69) is 12.2 Å². The Bertz CT molecular complexity index is 532. The molecule has 2 saturated carbocycles. The van der Waals surface area contributed by atoms with Gasteiger partial charge in [0.1, 0.15) is 11.4 Å². The van der Waals surface area contributed by atoms with Crippen molar-refractivity contribution >= 4 is 17.1 Å². The molecule has 4 atom stereocenters. The summed E-state index contributed by atoms with van der Waals surface area (Å²) in [4.78, 5) is 10.8. The zero-order valence-corrected chi connectivity index (χ0v) is 11.7. The van der Waals surface area contributed by atoms with Crippen LogP contribution in [0.4, 0.5) is 17.1 Å². The molecule has 0 amide bonds. The summed E-state index contributed by atoms with van der Waals surface area (Å²) in [6.45, 7) is 2.14. The quantitative estimate of drug-likeness (QED) is 0.501. The Morgan fingerprint density at radius 2 is 2.20 bits per heavy atom. The van der Waals surface area contributed by atoms with Gasteiger partial charge in [0.15, 0.2) is 0 Å². The summed E-state index contributed by atoms with van der Waals surface area (Å²) in [5.41, 5.74) is 6.50. The van der Waals surface area contributed by atoms with E-state index in [9.17, 15) is 10.1 Å². The molecule has 2 aliphatic carbocycles. The average Bonchev–Trinajstić information content (AvgIpc) is 3.00. The predicted octanol–water partition coefficient (Wildman–Crippen LogP) is 3.41. The third-order valence-corrected chi connectivity index (χ3v) is 5.07. The maximum Gasteiger partial charge on any atom is 0.314 e. The van der Waals surface area contributed by atoms with Crippen LogP contribution in [0.2, 0.25) is 0 Å². The van der Waals surface area contributed by atoms with Crippen LogP contribution in [-0.4, -0.2) is 11.0 Å². The van der Waals surface area contributed by atoms with Gasteiger partial charge in [0.2, 0.25) is 0 Å². The lowest BCUT2D eigenvalue weighted by Crippen LogP contribution is -2.30. The van der Waals surface area contributed by atoms with Crippen LogP contribution in [0.1, 0.15) is 32.6 Å². The monoisotopic (exact) mass is 275 g/mol. The molecule has 0 heterocycles. The molecule has 0 aromatic heterocycles. The molecule has 0 saturated heterocycles. The number of para-hydroxylation sites is 1. The number of nitro groups is 1. The Balaban J connectivity index is 1.78. The van der Waals surface area contributed by atoms with E-state index < -0.39 is 4.92 Å². The molecule has 0 radical (unpaired) electrons. The summed E-state index contributed by atoms with van der Waals surface area (Å²) < 4.78 is 0. The van der Waals surface area contributed by atoms with E-state index in [-0.39, 0.29) is 17.4 Å². The van der Waals surface area contributed by atoms with E-state index in [0.29, 0.717) is 11.6 Å². The first-order chi connectivity index (χ1) is 9.56. The molecular weight excluding hydrogens is 254 g/mol. The summed E-state index contributed by atoms with van der Waals surface area (Å²) in [5, 5.41) is 14.5. The fourth-order valence-corrected chi connectivity index (χ4v) is 4.14. The standard InChI is InChI=1S/C15H21N3O2/c1-9(12-8-10-5-6-11(12)7-10)17-14-4-2-3-13(16)15(14)18(19)20/h2-4,9-12,17H,5-8,16H2,1H3. The van der Waals surface area contributed by atoms with Gasteiger partial charge >= 0.3 is 5.69 Å². The van der Waals surface area contributed by atoms with Gasteiger partial charge in [-0.3, -0.25) is 10.1 Å². The number of hydrogen-bond acceptors (Lipinski definition) is 4. The van der Waals surface area contributed by atoms with Crippen LogP contribution < -0.4 is 11.1 Å². The molecule has 108 valence electrons. The van der Waals surface area contributed by atoms with E-state index >= 15 is 0 Å². The van der Waals surface area contributed by atoms with Gasteiger partial charge in [-0.05, 0) is 56.1 Å². The molecule has 2 aliphatic rings. The van der Waals surface area contributed by atoms with Crippen molar-refractivity contribution in [3.05, 3.63) is 28.3 Å². The van der Waals surface area contributed by atoms with E-state index in [1.165, 1.54) is 25.7 Å². The number of nitro benzene ring substituents is 1. The summed E-state index contributed by atoms with van der Waals surface area (Å²) >= 11 is 0. The average molecular weight is 275 g/mol. The fraction of sp³-hybridized carbons (Fsp3) is 0.600. The topological polar surface area (TPSA) is 81.2 Å². The number of anilines is 2. The second kappa shape index (κ2) is 4.96. The van der Waals surface area contributed by atoms with Gasteiger partial charge < -0.3 is 11.1 Å².